The van der Waals surface area contributed by atoms with Crippen LogP contribution in [0.2, 0.25) is 0 Å². The van der Waals surface area contributed by atoms with E-state index in [2.05, 4.69) is 34.5 Å². The van der Waals surface area contributed by atoms with Crippen molar-refractivity contribution in [1.29, 1.82) is 0 Å². The summed E-state index contributed by atoms with van der Waals surface area (Å²) in [5.74, 6) is 0.535. The maximum Gasteiger partial charge on any atom is 0.412 e. The molecule has 4 heterocycles. The Labute approximate surface area is 158 Å². The van der Waals surface area contributed by atoms with E-state index in [0.717, 1.165) is 51.0 Å². The molecule has 5 heteroatoms. The third-order valence-electron chi connectivity index (χ3n) is 6.04. The summed E-state index contributed by atoms with van der Waals surface area (Å²) in [7, 11) is 0. The van der Waals surface area contributed by atoms with Crippen molar-refractivity contribution >= 4 is 23.1 Å². The second-order valence-corrected chi connectivity index (χ2v) is 8.74. The van der Waals surface area contributed by atoms with E-state index in [-0.39, 0.29) is 12.2 Å². The molecule has 4 nitrogen and oxygen atoms in total. The van der Waals surface area contributed by atoms with Crippen molar-refractivity contribution in [2.24, 2.45) is 5.92 Å². The molecule has 136 valence electrons. The molecule has 0 radical (unpaired) electrons. The third-order valence-corrected chi connectivity index (χ3v) is 7.38. The summed E-state index contributed by atoms with van der Waals surface area (Å²) in [6.45, 7) is 3.20. The second kappa shape index (κ2) is 6.71. The molecule has 26 heavy (non-hydrogen) atoms. The molecule has 1 atom stereocenters. The number of rotatable bonds is 3. The molecule has 1 amide bonds. The largest absolute Gasteiger partial charge is 0.444 e. The molecule has 0 spiro atoms. The summed E-state index contributed by atoms with van der Waals surface area (Å²) in [6.07, 6.45) is 5.42. The van der Waals surface area contributed by atoms with Gasteiger partial charge in [0, 0.05) is 11.4 Å². The SMILES string of the molecule is O=C(Nc1c(-c2ccccc2)sc2c1CCC2)O[C@H]1CN2CCC1CC2. The van der Waals surface area contributed by atoms with E-state index in [1.165, 1.54) is 27.3 Å². The van der Waals surface area contributed by atoms with Crippen molar-refractivity contribution < 1.29 is 9.53 Å². The van der Waals surface area contributed by atoms with E-state index >= 15 is 0 Å². The molecule has 1 aromatic carbocycles. The highest BCUT2D eigenvalue weighted by Crippen LogP contribution is 2.45. The van der Waals surface area contributed by atoms with E-state index < -0.39 is 0 Å². The average Bonchev–Trinajstić information content (AvgIpc) is 3.26. The number of fused-ring (bicyclic) bond motifs is 4. The van der Waals surface area contributed by atoms with Crippen LogP contribution in [0, 0.1) is 5.92 Å². The fraction of sp³-hybridized carbons (Fsp3) is 0.476. The van der Waals surface area contributed by atoms with Gasteiger partial charge >= 0.3 is 6.09 Å². The van der Waals surface area contributed by atoms with E-state index in [1.807, 2.05) is 17.4 Å². The van der Waals surface area contributed by atoms with Crippen LogP contribution < -0.4 is 5.32 Å². The second-order valence-electron chi connectivity index (χ2n) is 7.63. The van der Waals surface area contributed by atoms with Gasteiger partial charge in [-0.3, -0.25) is 10.2 Å². The van der Waals surface area contributed by atoms with Gasteiger partial charge in [-0.1, -0.05) is 30.3 Å². The number of nitrogens with one attached hydrogen (secondary N) is 1. The van der Waals surface area contributed by atoms with Crippen LogP contribution in [-0.2, 0) is 17.6 Å². The number of hydrogen-bond donors (Lipinski definition) is 1. The first-order chi connectivity index (χ1) is 12.8. The van der Waals surface area contributed by atoms with Crippen molar-refractivity contribution in [3.8, 4) is 10.4 Å². The predicted octanol–water partition coefficient (Wildman–Crippen LogP) is 4.55. The monoisotopic (exact) mass is 368 g/mol. The lowest BCUT2D eigenvalue weighted by Gasteiger charge is -2.43. The minimum atomic E-state index is -0.284. The zero-order valence-corrected chi connectivity index (χ0v) is 15.7. The lowest BCUT2D eigenvalue weighted by Crippen LogP contribution is -2.52. The van der Waals surface area contributed by atoms with Crippen LogP contribution in [0.3, 0.4) is 0 Å². The minimum absolute atomic E-state index is 0.0457. The van der Waals surface area contributed by atoms with Gasteiger partial charge in [0.15, 0.2) is 0 Å². The highest BCUT2D eigenvalue weighted by atomic mass is 32.1. The maximum absolute atomic E-state index is 12.7. The summed E-state index contributed by atoms with van der Waals surface area (Å²) in [4.78, 5) is 17.7. The number of benzene rings is 1. The summed E-state index contributed by atoms with van der Waals surface area (Å²) in [5, 5.41) is 3.13. The highest BCUT2D eigenvalue weighted by molar-refractivity contribution is 7.16. The fourth-order valence-corrected chi connectivity index (χ4v) is 5.99. The number of hydrogen-bond acceptors (Lipinski definition) is 4. The third kappa shape index (κ3) is 2.93. The predicted molar refractivity (Wildman–Crippen MR) is 105 cm³/mol. The molecule has 4 aliphatic rings. The molecule has 3 saturated heterocycles. The Kier molecular flexibility index (Phi) is 4.21. The van der Waals surface area contributed by atoms with Crippen LogP contribution >= 0.6 is 11.3 Å². The zero-order valence-electron chi connectivity index (χ0n) is 14.9. The van der Waals surface area contributed by atoms with Gasteiger partial charge in [0.05, 0.1) is 10.6 Å². The van der Waals surface area contributed by atoms with Crippen LogP contribution in [0.25, 0.3) is 10.4 Å². The van der Waals surface area contributed by atoms with Crippen LogP contribution in [0.15, 0.2) is 30.3 Å². The molecule has 2 aromatic rings. The van der Waals surface area contributed by atoms with Crippen LogP contribution in [0.4, 0.5) is 10.5 Å². The number of aryl methyl sites for hydroxylation is 1. The molecule has 1 aromatic heterocycles. The van der Waals surface area contributed by atoms with Gasteiger partial charge in [0.25, 0.3) is 0 Å². The standard InChI is InChI=1S/C21H24N2O2S/c24-21(25-17-13-23-11-9-14(17)10-12-23)22-19-16-7-4-8-18(16)26-20(19)15-5-2-1-3-6-15/h1-3,5-6,14,17H,4,7-13H2,(H,22,24)/t17-/m0/s1. The molecular weight excluding hydrogens is 344 g/mol. The molecule has 6 rings (SSSR count). The van der Waals surface area contributed by atoms with Crippen LogP contribution in [0.1, 0.15) is 29.7 Å². The molecule has 0 saturated carbocycles. The highest BCUT2D eigenvalue weighted by Gasteiger charge is 2.36. The summed E-state index contributed by atoms with van der Waals surface area (Å²) in [5.41, 5.74) is 3.48. The Morgan fingerprint density at radius 2 is 1.96 bits per heavy atom. The van der Waals surface area contributed by atoms with E-state index in [9.17, 15) is 4.79 Å². The zero-order chi connectivity index (χ0) is 17.5. The molecule has 3 fully saturated rings. The Hall–Kier alpha value is -1.85. The maximum atomic E-state index is 12.7. The first-order valence-corrected chi connectivity index (χ1v) is 10.5. The van der Waals surface area contributed by atoms with Crippen LogP contribution in [0.5, 0.6) is 0 Å². The average molecular weight is 369 g/mol. The van der Waals surface area contributed by atoms with Gasteiger partial charge in [0.1, 0.15) is 6.10 Å². The van der Waals surface area contributed by atoms with E-state index in [0.29, 0.717) is 5.92 Å². The van der Waals surface area contributed by atoms with Gasteiger partial charge in [-0.2, -0.15) is 0 Å². The van der Waals surface area contributed by atoms with Gasteiger partial charge in [-0.15, -0.1) is 11.3 Å². The molecule has 2 bridgehead atoms. The van der Waals surface area contributed by atoms with Crippen molar-refractivity contribution in [3.63, 3.8) is 0 Å². The number of piperidine rings is 3. The van der Waals surface area contributed by atoms with Gasteiger partial charge < -0.3 is 4.74 Å². The number of carbonyl (C=O) groups excluding carboxylic acids is 1. The number of nitrogens with zero attached hydrogens (tertiary/aromatic N) is 1. The van der Waals surface area contributed by atoms with Crippen molar-refractivity contribution in [1.82, 2.24) is 4.90 Å². The summed E-state index contributed by atoms with van der Waals surface area (Å²) in [6, 6.07) is 10.4. The topological polar surface area (TPSA) is 41.6 Å². The van der Waals surface area contributed by atoms with Crippen molar-refractivity contribution in [2.45, 2.75) is 38.2 Å². The first kappa shape index (κ1) is 16.3. The quantitative estimate of drug-likeness (QED) is 0.864. The number of amides is 1. The summed E-state index contributed by atoms with van der Waals surface area (Å²) < 4.78 is 5.86. The van der Waals surface area contributed by atoms with Gasteiger partial charge in [-0.05, 0) is 62.2 Å². The normalized spacial score (nSPS) is 26.5. The lowest BCUT2D eigenvalue weighted by molar-refractivity contribution is -0.0289. The first-order valence-electron chi connectivity index (χ1n) is 9.68. The Balaban J connectivity index is 1.37. The molecule has 3 aliphatic heterocycles. The molecule has 1 aliphatic carbocycles. The lowest BCUT2D eigenvalue weighted by atomic mass is 9.86. The Morgan fingerprint density at radius 3 is 2.69 bits per heavy atom. The molecular formula is C21H24N2O2S. The van der Waals surface area contributed by atoms with Crippen molar-refractivity contribution in [3.05, 3.63) is 40.8 Å². The van der Waals surface area contributed by atoms with E-state index in [1.54, 1.807) is 0 Å². The number of thiophene rings is 1. The molecule has 0 unspecified atom stereocenters. The van der Waals surface area contributed by atoms with Gasteiger partial charge in [-0.25, -0.2) is 4.79 Å². The Morgan fingerprint density at radius 1 is 1.15 bits per heavy atom. The van der Waals surface area contributed by atoms with Crippen molar-refractivity contribution in [2.75, 3.05) is 25.0 Å². The Bertz CT molecular complexity index is 809. The fourth-order valence-electron chi connectivity index (χ4n) is 4.64. The number of ether oxygens (including phenoxy) is 1. The smallest absolute Gasteiger partial charge is 0.412 e. The van der Waals surface area contributed by atoms with Gasteiger partial charge in [0.2, 0.25) is 0 Å². The molecule has 1 N–H and O–H groups in total. The number of carbonyl (C=O) groups is 1. The minimum Gasteiger partial charge on any atom is -0.444 e. The summed E-state index contributed by atoms with van der Waals surface area (Å²) >= 11 is 1.82. The number of anilines is 1. The van der Waals surface area contributed by atoms with Crippen LogP contribution in [-0.4, -0.2) is 36.7 Å². The van der Waals surface area contributed by atoms with E-state index in [4.69, 9.17) is 4.74 Å².